The van der Waals surface area contributed by atoms with Gasteiger partial charge < -0.3 is 10.0 Å². The maximum absolute atomic E-state index is 9.55. The van der Waals surface area contributed by atoms with Crippen LogP contribution in [0.1, 0.15) is 38.9 Å². The second kappa shape index (κ2) is 6.26. The van der Waals surface area contributed by atoms with Gasteiger partial charge >= 0.3 is 0 Å². The molecule has 0 heterocycles. The lowest BCUT2D eigenvalue weighted by molar-refractivity contribution is 0.198. The Morgan fingerprint density at radius 1 is 1.38 bits per heavy atom. The second-order valence-electron chi connectivity index (χ2n) is 3.96. The van der Waals surface area contributed by atoms with Crippen molar-refractivity contribution in [3.8, 4) is 0 Å². The van der Waals surface area contributed by atoms with Crippen LogP contribution >= 0.6 is 15.9 Å². The molecule has 0 aliphatic rings. The molecule has 2 nitrogen and oxygen atoms in total. The van der Waals surface area contributed by atoms with Gasteiger partial charge in [0.15, 0.2) is 0 Å². The van der Waals surface area contributed by atoms with Gasteiger partial charge in [0.1, 0.15) is 0 Å². The molecule has 1 aromatic carbocycles. The molecule has 0 aromatic heterocycles. The highest BCUT2D eigenvalue weighted by Gasteiger charge is 2.09. The molecule has 1 atom stereocenters. The van der Waals surface area contributed by atoms with Crippen LogP contribution in [0.2, 0.25) is 0 Å². The van der Waals surface area contributed by atoms with Gasteiger partial charge in [-0.3, -0.25) is 0 Å². The number of hydrogen-bond acceptors (Lipinski definition) is 2. The molecule has 1 rings (SSSR count). The SMILES string of the molecule is CCCN(CC)c1ccc(C(C)O)c(Br)c1. The van der Waals surface area contributed by atoms with E-state index >= 15 is 0 Å². The van der Waals surface area contributed by atoms with Crippen molar-refractivity contribution >= 4 is 21.6 Å². The zero-order valence-electron chi connectivity index (χ0n) is 10.2. The van der Waals surface area contributed by atoms with Crippen molar-refractivity contribution in [1.29, 1.82) is 0 Å². The number of benzene rings is 1. The molecule has 0 bridgehead atoms. The van der Waals surface area contributed by atoms with Crippen LogP contribution in [-0.4, -0.2) is 18.2 Å². The third-order valence-electron chi connectivity index (χ3n) is 2.67. The molecule has 3 heteroatoms. The van der Waals surface area contributed by atoms with E-state index in [4.69, 9.17) is 0 Å². The van der Waals surface area contributed by atoms with E-state index in [-0.39, 0.29) is 0 Å². The maximum Gasteiger partial charge on any atom is 0.0772 e. The summed E-state index contributed by atoms with van der Waals surface area (Å²) >= 11 is 3.51. The van der Waals surface area contributed by atoms with E-state index in [2.05, 4.69) is 46.8 Å². The van der Waals surface area contributed by atoms with Crippen molar-refractivity contribution in [2.75, 3.05) is 18.0 Å². The Balaban J connectivity index is 2.95. The molecule has 0 aliphatic carbocycles. The Hall–Kier alpha value is -0.540. The van der Waals surface area contributed by atoms with Crippen LogP contribution in [0.3, 0.4) is 0 Å². The smallest absolute Gasteiger partial charge is 0.0772 e. The molecular formula is C13H20BrNO. The fourth-order valence-corrected chi connectivity index (χ4v) is 2.49. The fourth-order valence-electron chi connectivity index (χ4n) is 1.79. The van der Waals surface area contributed by atoms with E-state index < -0.39 is 6.10 Å². The first-order valence-electron chi connectivity index (χ1n) is 5.82. The van der Waals surface area contributed by atoms with Gasteiger partial charge in [-0.2, -0.15) is 0 Å². The molecule has 90 valence electrons. The zero-order valence-corrected chi connectivity index (χ0v) is 11.8. The molecule has 0 fully saturated rings. The van der Waals surface area contributed by atoms with E-state index in [0.717, 1.165) is 29.5 Å². The van der Waals surface area contributed by atoms with Crippen molar-refractivity contribution in [2.24, 2.45) is 0 Å². The lowest BCUT2D eigenvalue weighted by Crippen LogP contribution is -2.23. The molecule has 0 amide bonds. The summed E-state index contributed by atoms with van der Waals surface area (Å²) in [5, 5.41) is 9.55. The van der Waals surface area contributed by atoms with Gasteiger partial charge in [-0.15, -0.1) is 0 Å². The third kappa shape index (κ3) is 3.22. The van der Waals surface area contributed by atoms with Crippen LogP contribution in [-0.2, 0) is 0 Å². The maximum atomic E-state index is 9.55. The van der Waals surface area contributed by atoms with Crippen LogP contribution in [0, 0.1) is 0 Å². The van der Waals surface area contributed by atoms with Crippen LogP contribution in [0.25, 0.3) is 0 Å². The normalized spacial score (nSPS) is 12.6. The molecule has 0 saturated carbocycles. The van der Waals surface area contributed by atoms with Crippen molar-refractivity contribution in [2.45, 2.75) is 33.3 Å². The summed E-state index contributed by atoms with van der Waals surface area (Å²) in [6.45, 7) is 8.20. The minimum absolute atomic E-state index is 0.426. The second-order valence-corrected chi connectivity index (χ2v) is 4.82. The lowest BCUT2D eigenvalue weighted by Gasteiger charge is -2.23. The first-order chi connectivity index (χ1) is 7.60. The van der Waals surface area contributed by atoms with Crippen molar-refractivity contribution in [3.05, 3.63) is 28.2 Å². The highest BCUT2D eigenvalue weighted by molar-refractivity contribution is 9.10. The molecule has 0 saturated heterocycles. The standard InChI is InChI=1S/C13H20BrNO/c1-4-8-15(5-2)11-6-7-12(10(3)16)13(14)9-11/h6-7,9-10,16H,4-5,8H2,1-3H3. The summed E-state index contributed by atoms with van der Waals surface area (Å²) in [6, 6.07) is 6.15. The number of anilines is 1. The van der Waals surface area contributed by atoms with Gasteiger partial charge in [-0.1, -0.05) is 28.9 Å². The Kier molecular flexibility index (Phi) is 5.29. The summed E-state index contributed by atoms with van der Waals surface area (Å²) in [7, 11) is 0. The minimum atomic E-state index is -0.426. The average molecular weight is 286 g/mol. The Bertz CT molecular complexity index is 339. The van der Waals surface area contributed by atoms with E-state index in [0.29, 0.717) is 0 Å². The summed E-state index contributed by atoms with van der Waals surface area (Å²) in [6.07, 6.45) is 0.716. The molecule has 1 N–H and O–H groups in total. The monoisotopic (exact) mass is 285 g/mol. The topological polar surface area (TPSA) is 23.5 Å². The van der Waals surface area contributed by atoms with E-state index in [9.17, 15) is 5.11 Å². The Morgan fingerprint density at radius 2 is 2.06 bits per heavy atom. The fraction of sp³-hybridized carbons (Fsp3) is 0.538. The van der Waals surface area contributed by atoms with Crippen LogP contribution < -0.4 is 4.90 Å². The first kappa shape index (κ1) is 13.5. The molecule has 0 spiro atoms. The van der Waals surface area contributed by atoms with E-state index in [1.807, 2.05) is 6.07 Å². The van der Waals surface area contributed by atoms with Crippen molar-refractivity contribution in [1.82, 2.24) is 0 Å². The van der Waals surface area contributed by atoms with Crippen LogP contribution in [0.5, 0.6) is 0 Å². The summed E-state index contributed by atoms with van der Waals surface area (Å²) < 4.78 is 0.981. The largest absolute Gasteiger partial charge is 0.389 e. The van der Waals surface area contributed by atoms with Crippen molar-refractivity contribution < 1.29 is 5.11 Å². The number of hydrogen-bond donors (Lipinski definition) is 1. The summed E-state index contributed by atoms with van der Waals surface area (Å²) in [5.74, 6) is 0. The molecule has 1 unspecified atom stereocenters. The highest BCUT2D eigenvalue weighted by Crippen LogP contribution is 2.28. The summed E-state index contributed by atoms with van der Waals surface area (Å²) in [5.41, 5.74) is 2.15. The summed E-state index contributed by atoms with van der Waals surface area (Å²) in [4.78, 5) is 2.33. The van der Waals surface area contributed by atoms with Gasteiger partial charge in [-0.25, -0.2) is 0 Å². The number of rotatable bonds is 5. The average Bonchev–Trinajstić information content (AvgIpc) is 2.25. The van der Waals surface area contributed by atoms with E-state index in [1.165, 1.54) is 5.69 Å². The first-order valence-corrected chi connectivity index (χ1v) is 6.61. The minimum Gasteiger partial charge on any atom is -0.389 e. The highest BCUT2D eigenvalue weighted by atomic mass is 79.9. The predicted octanol–water partition coefficient (Wildman–Crippen LogP) is 3.74. The zero-order chi connectivity index (χ0) is 12.1. The van der Waals surface area contributed by atoms with Crippen molar-refractivity contribution in [3.63, 3.8) is 0 Å². The number of halogens is 1. The van der Waals surface area contributed by atoms with E-state index in [1.54, 1.807) is 6.92 Å². The number of aliphatic hydroxyl groups excluding tert-OH is 1. The molecule has 1 aromatic rings. The van der Waals surface area contributed by atoms with Gasteiger partial charge in [0.2, 0.25) is 0 Å². The molecule has 0 radical (unpaired) electrons. The Labute approximate surface area is 106 Å². The van der Waals surface area contributed by atoms with Gasteiger partial charge in [0.25, 0.3) is 0 Å². The molecule has 0 aliphatic heterocycles. The lowest BCUT2D eigenvalue weighted by atomic mass is 10.1. The number of aliphatic hydroxyl groups is 1. The van der Waals surface area contributed by atoms with Gasteiger partial charge in [0, 0.05) is 23.2 Å². The third-order valence-corrected chi connectivity index (χ3v) is 3.36. The van der Waals surface area contributed by atoms with Gasteiger partial charge in [0.05, 0.1) is 6.10 Å². The Morgan fingerprint density at radius 3 is 2.50 bits per heavy atom. The predicted molar refractivity (Wildman–Crippen MR) is 73.0 cm³/mol. The quantitative estimate of drug-likeness (QED) is 0.891. The molecule has 16 heavy (non-hydrogen) atoms. The van der Waals surface area contributed by atoms with Crippen LogP contribution in [0.4, 0.5) is 5.69 Å². The van der Waals surface area contributed by atoms with Crippen LogP contribution in [0.15, 0.2) is 22.7 Å². The number of nitrogens with zero attached hydrogens (tertiary/aromatic N) is 1. The molecular weight excluding hydrogens is 266 g/mol. The van der Waals surface area contributed by atoms with Gasteiger partial charge in [-0.05, 0) is 38.0 Å².